The van der Waals surface area contributed by atoms with Gasteiger partial charge < -0.3 is 29.1 Å². The van der Waals surface area contributed by atoms with Crippen LogP contribution < -0.4 is 35.4 Å². The van der Waals surface area contributed by atoms with Crippen LogP contribution in [-0.2, 0) is 0 Å². The second-order valence-electron chi connectivity index (χ2n) is 2.60. The van der Waals surface area contributed by atoms with Gasteiger partial charge in [-0.1, -0.05) is 0 Å². The Hall–Kier alpha value is -0.0400. The van der Waals surface area contributed by atoms with Gasteiger partial charge in [0.25, 0.3) is 0 Å². The molecule has 1 heterocycles. The van der Waals surface area contributed by atoms with Gasteiger partial charge in [0.1, 0.15) is 6.04 Å². The lowest BCUT2D eigenvalue weighted by molar-refractivity contribution is -0.548. The fourth-order valence-electron chi connectivity index (χ4n) is 1.37. The number of hydrogen-bond acceptors (Lipinski definition) is 1. The van der Waals surface area contributed by atoms with Crippen molar-refractivity contribution >= 4 is 5.96 Å². The zero-order chi connectivity index (χ0) is 7.56. The van der Waals surface area contributed by atoms with Crippen molar-refractivity contribution in [2.24, 2.45) is 11.5 Å². The Balaban J connectivity index is 0.000001000. The summed E-state index contributed by atoms with van der Waals surface area (Å²) in [7, 11) is 0. The number of nitrogens with zero attached hydrogens (tertiary/aromatic N) is 1. The van der Waals surface area contributed by atoms with E-state index in [0.29, 0.717) is 5.96 Å². The van der Waals surface area contributed by atoms with Crippen LogP contribution in [0.2, 0.25) is 0 Å². The second kappa shape index (κ2) is 4.76. The van der Waals surface area contributed by atoms with Gasteiger partial charge in [-0.3, -0.25) is 16.0 Å². The van der Waals surface area contributed by atoms with Gasteiger partial charge >= 0.3 is 5.96 Å². The first-order chi connectivity index (χ1) is 4.75. The van der Waals surface area contributed by atoms with Crippen molar-refractivity contribution in [1.29, 1.82) is 0 Å². The maximum atomic E-state index is 8.82. The van der Waals surface area contributed by atoms with Gasteiger partial charge in [-0.05, 0) is 12.8 Å². The summed E-state index contributed by atoms with van der Waals surface area (Å²) in [5.74, 6) is 0.330. The molecule has 0 aliphatic carbocycles. The Morgan fingerprint density at radius 1 is 1.55 bits per heavy atom. The van der Waals surface area contributed by atoms with Crippen molar-refractivity contribution < 1.29 is 33.7 Å². The minimum atomic E-state index is 0. The third-order valence-electron chi connectivity index (χ3n) is 1.92. The molecule has 66 valence electrons. The van der Waals surface area contributed by atoms with Gasteiger partial charge in [0, 0.05) is 0 Å². The standard InChI is InChI=1S/C6H13N3O.HI/c7-6(8)9-3-1-2-5(9)4-10;/h5,10H,1-4H2,(H3,7,8);1H/t5-;/m0./s1. The summed E-state index contributed by atoms with van der Waals surface area (Å²) in [5, 5.41) is 8.82. The van der Waals surface area contributed by atoms with Crippen LogP contribution >= 0.6 is 0 Å². The summed E-state index contributed by atoms with van der Waals surface area (Å²) < 4.78 is 1.85. The number of hydrogen-bond donors (Lipinski definition) is 3. The molecule has 1 fully saturated rings. The molecule has 0 bridgehead atoms. The Labute approximate surface area is 83.3 Å². The average Bonchev–Trinajstić information content (AvgIpc) is 2.33. The SMILES string of the molecule is NC(N)=[N+]1CCC[C@H]1CO.[I-]. The van der Waals surface area contributed by atoms with Crippen molar-refractivity contribution in [2.45, 2.75) is 18.9 Å². The van der Waals surface area contributed by atoms with Crippen LogP contribution in [0.15, 0.2) is 0 Å². The summed E-state index contributed by atoms with van der Waals surface area (Å²) in [6.45, 7) is 1.03. The van der Waals surface area contributed by atoms with E-state index in [9.17, 15) is 0 Å². The number of halogens is 1. The molecule has 11 heavy (non-hydrogen) atoms. The summed E-state index contributed by atoms with van der Waals surface area (Å²) in [4.78, 5) is 0. The van der Waals surface area contributed by atoms with Crippen LogP contribution in [0.3, 0.4) is 0 Å². The average molecular weight is 271 g/mol. The van der Waals surface area contributed by atoms with Gasteiger partial charge in [-0.15, -0.1) is 0 Å². The molecule has 0 unspecified atom stereocenters. The Morgan fingerprint density at radius 2 is 2.18 bits per heavy atom. The highest BCUT2D eigenvalue weighted by Gasteiger charge is 2.23. The van der Waals surface area contributed by atoms with Gasteiger partial charge in [-0.2, -0.15) is 0 Å². The molecule has 0 amide bonds. The van der Waals surface area contributed by atoms with E-state index in [0.717, 1.165) is 19.4 Å². The van der Waals surface area contributed by atoms with Crippen molar-refractivity contribution in [2.75, 3.05) is 13.2 Å². The van der Waals surface area contributed by atoms with E-state index in [-0.39, 0.29) is 36.6 Å². The predicted molar refractivity (Wildman–Crippen MR) is 38.6 cm³/mol. The van der Waals surface area contributed by atoms with Crippen molar-refractivity contribution in [1.82, 2.24) is 0 Å². The van der Waals surface area contributed by atoms with Crippen molar-refractivity contribution in [3.05, 3.63) is 0 Å². The molecule has 0 aromatic rings. The van der Waals surface area contributed by atoms with Gasteiger partial charge in [0.05, 0.1) is 13.2 Å². The van der Waals surface area contributed by atoms with Crippen LogP contribution in [0, 0.1) is 0 Å². The summed E-state index contributed by atoms with van der Waals surface area (Å²) in [6.07, 6.45) is 2.07. The van der Waals surface area contributed by atoms with Crippen LogP contribution in [0.1, 0.15) is 12.8 Å². The molecule has 5 heteroatoms. The predicted octanol–water partition coefficient (Wildman–Crippen LogP) is -4.57. The molecule has 1 aliphatic rings. The minimum Gasteiger partial charge on any atom is -1.00 e. The highest BCUT2D eigenvalue weighted by Crippen LogP contribution is 2.10. The molecular weight excluding hydrogens is 257 g/mol. The first-order valence-corrected chi connectivity index (χ1v) is 3.51. The molecule has 0 aromatic heterocycles. The Kier molecular flexibility index (Phi) is 4.74. The Morgan fingerprint density at radius 3 is 2.55 bits per heavy atom. The minimum absolute atomic E-state index is 0. The summed E-state index contributed by atoms with van der Waals surface area (Å²) in [5.41, 5.74) is 10.7. The molecule has 5 N–H and O–H groups in total. The first-order valence-electron chi connectivity index (χ1n) is 3.51. The lowest BCUT2D eigenvalue weighted by atomic mass is 10.2. The van der Waals surface area contributed by atoms with E-state index in [1.807, 2.05) is 4.58 Å². The maximum Gasteiger partial charge on any atom is 0.341 e. The summed E-state index contributed by atoms with van der Waals surface area (Å²) >= 11 is 0. The second-order valence-corrected chi connectivity index (χ2v) is 2.60. The van der Waals surface area contributed by atoms with E-state index in [1.54, 1.807) is 0 Å². The Bertz CT molecular complexity index is 156. The quantitative estimate of drug-likeness (QED) is 0.255. The molecule has 0 saturated carbocycles. The van der Waals surface area contributed by atoms with Crippen LogP contribution in [0.4, 0.5) is 0 Å². The van der Waals surface area contributed by atoms with E-state index >= 15 is 0 Å². The fraction of sp³-hybridized carbons (Fsp3) is 0.833. The van der Waals surface area contributed by atoms with Gasteiger partial charge in [0.2, 0.25) is 0 Å². The lowest BCUT2D eigenvalue weighted by Gasteiger charge is -2.07. The van der Waals surface area contributed by atoms with Gasteiger partial charge in [0.15, 0.2) is 0 Å². The molecule has 1 saturated heterocycles. The van der Waals surface area contributed by atoms with Crippen molar-refractivity contribution in [3.8, 4) is 0 Å². The molecular formula is C6H14IN3O. The molecule has 4 nitrogen and oxygen atoms in total. The van der Waals surface area contributed by atoms with E-state index < -0.39 is 0 Å². The van der Waals surface area contributed by atoms with E-state index in [2.05, 4.69) is 0 Å². The largest absolute Gasteiger partial charge is 1.00 e. The van der Waals surface area contributed by atoms with Crippen molar-refractivity contribution in [3.63, 3.8) is 0 Å². The monoisotopic (exact) mass is 271 g/mol. The number of nitrogens with two attached hydrogens (primary N) is 2. The summed E-state index contributed by atoms with van der Waals surface area (Å²) in [6, 6.07) is 0.157. The smallest absolute Gasteiger partial charge is 0.341 e. The number of rotatable bonds is 1. The van der Waals surface area contributed by atoms with Crippen LogP contribution in [-0.4, -0.2) is 34.8 Å². The first kappa shape index (κ1) is 11.0. The van der Waals surface area contributed by atoms with Crippen LogP contribution in [0.25, 0.3) is 0 Å². The zero-order valence-corrected chi connectivity index (χ0v) is 8.49. The van der Waals surface area contributed by atoms with Gasteiger partial charge in [-0.25, -0.2) is 0 Å². The number of aliphatic hydroxyl groups excluding tert-OH is 1. The number of guanidine groups is 1. The highest BCUT2D eigenvalue weighted by atomic mass is 127. The zero-order valence-electron chi connectivity index (χ0n) is 6.33. The molecule has 0 spiro atoms. The normalized spacial score (nSPS) is 23.0. The molecule has 1 aliphatic heterocycles. The van der Waals surface area contributed by atoms with E-state index in [1.165, 1.54) is 0 Å². The number of aliphatic hydroxyl groups is 1. The third-order valence-corrected chi connectivity index (χ3v) is 1.92. The molecule has 0 radical (unpaired) electrons. The third kappa shape index (κ3) is 2.48. The van der Waals surface area contributed by atoms with E-state index in [4.69, 9.17) is 16.6 Å². The molecule has 1 atom stereocenters. The lowest BCUT2D eigenvalue weighted by Crippen LogP contribution is -3.00. The molecule has 1 rings (SSSR count). The maximum absolute atomic E-state index is 8.82. The highest BCUT2D eigenvalue weighted by molar-refractivity contribution is 5.70. The van der Waals surface area contributed by atoms with Crippen LogP contribution in [0.5, 0.6) is 0 Å². The topological polar surface area (TPSA) is 75.3 Å². The molecule has 0 aromatic carbocycles. The fourth-order valence-corrected chi connectivity index (χ4v) is 1.37.